The average molecular weight is 289 g/mol. The average Bonchev–Trinajstić information content (AvgIpc) is 2.44. The molecule has 1 fully saturated rings. The predicted molar refractivity (Wildman–Crippen MR) is 90.6 cm³/mol. The van der Waals surface area contributed by atoms with Gasteiger partial charge in [-0.1, -0.05) is 34.6 Å². The summed E-state index contributed by atoms with van der Waals surface area (Å²) in [5.41, 5.74) is 3.12. The van der Waals surface area contributed by atoms with Crippen molar-refractivity contribution < 1.29 is 0 Å². The van der Waals surface area contributed by atoms with Crippen molar-refractivity contribution in [2.75, 3.05) is 18.0 Å². The molecule has 1 aliphatic heterocycles. The third kappa shape index (κ3) is 4.44. The molecule has 0 saturated carbocycles. The fourth-order valence-electron chi connectivity index (χ4n) is 3.15. The van der Waals surface area contributed by atoms with Gasteiger partial charge in [-0.05, 0) is 35.8 Å². The van der Waals surface area contributed by atoms with E-state index in [1.54, 1.807) is 0 Å². The van der Waals surface area contributed by atoms with Crippen LogP contribution >= 0.6 is 0 Å². The summed E-state index contributed by atoms with van der Waals surface area (Å²) in [4.78, 5) is 6.87. The molecular formula is C18H31N3. The first-order chi connectivity index (χ1) is 9.88. The van der Waals surface area contributed by atoms with Gasteiger partial charge >= 0.3 is 0 Å². The molecule has 1 saturated heterocycles. The van der Waals surface area contributed by atoms with Crippen molar-refractivity contribution >= 4 is 5.69 Å². The van der Waals surface area contributed by atoms with E-state index in [1.165, 1.54) is 24.1 Å². The molecule has 3 heteroatoms. The van der Waals surface area contributed by atoms with Crippen molar-refractivity contribution in [3.8, 4) is 0 Å². The maximum Gasteiger partial charge on any atom is 0.0598 e. The van der Waals surface area contributed by atoms with Crippen LogP contribution in [-0.4, -0.2) is 24.1 Å². The van der Waals surface area contributed by atoms with Crippen LogP contribution < -0.4 is 10.2 Å². The highest BCUT2D eigenvalue weighted by molar-refractivity contribution is 5.52. The summed E-state index contributed by atoms with van der Waals surface area (Å²) < 4.78 is 0. The van der Waals surface area contributed by atoms with Gasteiger partial charge < -0.3 is 10.2 Å². The Balaban J connectivity index is 2.03. The van der Waals surface area contributed by atoms with Crippen LogP contribution in [0.2, 0.25) is 0 Å². The van der Waals surface area contributed by atoms with Crippen molar-refractivity contribution in [3.05, 3.63) is 24.0 Å². The van der Waals surface area contributed by atoms with Crippen molar-refractivity contribution in [3.63, 3.8) is 0 Å². The fourth-order valence-corrected chi connectivity index (χ4v) is 3.15. The molecule has 0 atom stereocenters. The summed E-state index contributed by atoms with van der Waals surface area (Å²) in [6, 6.07) is 2.67. The first kappa shape index (κ1) is 16.3. The highest BCUT2D eigenvalue weighted by Gasteiger charge is 2.29. The van der Waals surface area contributed by atoms with Gasteiger partial charge in [0.2, 0.25) is 0 Å². The number of nitrogens with one attached hydrogen (secondary N) is 1. The number of aromatic nitrogens is 1. The first-order valence-corrected chi connectivity index (χ1v) is 8.29. The monoisotopic (exact) mass is 289 g/mol. The van der Waals surface area contributed by atoms with Crippen LogP contribution in [0.25, 0.3) is 0 Å². The zero-order chi connectivity index (χ0) is 15.5. The number of hydrogen-bond acceptors (Lipinski definition) is 3. The number of hydrogen-bond donors (Lipinski definition) is 1. The van der Waals surface area contributed by atoms with E-state index < -0.39 is 0 Å². The lowest BCUT2D eigenvalue weighted by Crippen LogP contribution is -2.38. The number of nitrogens with zero attached hydrogens (tertiary/aromatic N) is 2. The molecule has 0 unspecified atom stereocenters. The van der Waals surface area contributed by atoms with Gasteiger partial charge in [0.1, 0.15) is 0 Å². The SMILES string of the molecule is CC(C)NCc1ccncc1N1CCC(C(C)(C)C)CC1. The molecule has 0 spiro atoms. The van der Waals surface area contributed by atoms with Gasteiger partial charge in [-0.3, -0.25) is 4.98 Å². The highest BCUT2D eigenvalue weighted by Crippen LogP contribution is 2.36. The van der Waals surface area contributed by atoms with Crippen LogP contribution in [0.1, 0.15) is 53.0 Å². The van der Waals surface area contributed by atoms with Crippen molar-refractivity contribution in [2.45, 2.75) is 60.0 Å². The fraction of sp³-hybridized carbons (Fsp3) is 0.722. The van der Waals surface area contributed by atoms with Gasteiger partial charge in [0.05, 0.1) is 11.9 Å². The first-order valence-electron chi connectivity index (χ1n) is 8.29. The Labute approximate surface area is 130 Å². The van der Waals surface area contributed by atoms with Crippen LogP contribution in [0, 0.1) is 11.3 Å². The topological polar surface area (TPSA) is 28.2 Å². The van der Waals surface area contributed by atoms with Crippen molar-refractivity contribution in [1.82, 2.24) is 10.3 Å². The van der Waals surface area contributed by atoms with E-state index in [0.29, 0.717) is 11.5 Å². The lowest BCUT2D eigenvalue weighted by atomic mass is 9.75. The largest absolute Gasteiger partial charge is 0.370 e. The Kier molecular flexibility index (Phi) is 5.26. The lowest BCUT2D eigenvalue weighted by Gasteiger charge is -2.40. The molecule has 0 bridgehead atoms. The normalized spacial score (nSPS) is 17.5. The summed E-state index contributed by atoms with van der Waals surface area (Å²) in [5.74, 6) is 0.836. The summed E-state index contributed by atoms with van der Waals surface area (Å²) in [6.45, 7) is 14.7. The summed E-state index contributed by atoms with van der Waals surface area (Å²) >= 11 is 0. The van der Waals surface area contributed by atoms with Crippen LogP contribution in [0.15, 0.2) is 18.5 Å². The molecule has 2 rings (SSSR count). The minimum absolute atomic E-state index is 0.434. The Morgan fingerprint density at radius 3 is 2.52 bits per heavy atom. The van der Waals surface area contributed by atoms with Gasteiger partial charge in [0.15, 0.2) is 0 Å². The number of piperidine rings is 1. The predicted octanol–water partition coefficient (Wildman–Crippen LogP) is 3.84. The highest BCUT2D eigenvalue weighted by atomic mass is 15.1. The summed E-state index contributed by atoms with van der Waals surface area (Å²) in [5, 5.41) is 3.52. The van der Waals surface area contributed by atoms with E-state index in [0.717, 1.165) is 25.6 Å². The molecule has 0 aliphatic carbocycles. The Morgan fingerprint density at radius 1 is 1.29 bits per heavy atom. The van der Waals surface area contributed by atoms with Crippen molar-refractivity contribution in [2.24, 2.45) is 11.3 Å². The van der Waals surface area contributed by atoms with Gasteiger partial charge in [-0.25, -0.2) is 0 Å². The molecule has 21 heavy (non-hydrogen) atoms. The number of rotatable bonds is 4. The number of pyridine rings is 1. The molecule has 0 aromatic carbocycles. The second-order valence-electron chi connectivity index (χ2n) is 7.67. The molecule has 118 valence electrons. The standard InChI is InChI=1S/C18H31N3/c1-14(2)20-12-15-6-9-19-13-17(15)21-10-7-16(8-11-21)18(3,4)5/h6,9,13-14,16,20H,7-8,10-12H2,1-5H3. The maximum atomic E-state index is 4.35. The Hall–Kier alpha value is -1.09. The van der Waals surface area contributed by atoms with E-state index in [-0.39, 0.29) is 0 Å². The van der Waals surface area contributed by atoms with E-state index in [2.05, 4.69) is 55.9 Å². The quantitative estimate of drug-likeness (QED) is 0.912. The van der Waals surface area contributed by atoms with E-state index in [1.807, 2.05) is 12.4 Å². The number of anilines is 1. The van der Waals surface area contributed by atoms with E-state index in [9.17, 15) is 0 Å². The molecule has 0 amide bonds. The third-order valence-corrected chi connectivity index (χ3v) is 4.65. The van der Waals surface area contributed by atoms with Crippen LogP contribution in [0.3, 0.4) is 0 Å². The van der Waals surface area contributed by atoms with Crippen LogP contribution in [0.4, 0.5) is 5.69 Å². The summed E-state index contributed by atoms with van der Waals surface area (Å²) in [7, 11) is 0. The van der Waals surface area contributed by atoms with Crippen LogP contribution in [-0.2, 0) is 6.54 Å². The molecule has 1 aromatic heterocycles. The van der Waals surface area contributed by atoms with Gasteiger partial charge in [0.25, 0.3) is 0 Å². The zero-order valence-electron chi connectivity index (χ0n) is 14.3. The molecule has 3 nitrogen and oxygen atoms in total. The third-order valence-electron chi connectivity index (χ3n) is 4.65. The smallest absolute Gasteiger partial charge is 0.0598 e. The lowest BCUT2D eigenvalue weighted by molar-refractivity contribution is 0.199. The Bertz CT molecular complexity index is 440. The second-order valence-corrected chi connectivity index (χ2v) is 7.67. The van der Waals surface area contributed by atoms with Crippen molar-refractivity contribution in [1.29, 1.82) is 0 Å². The van der Waals surface area contributed by atoms with Gasteiger partial charge in [-0.15, -0.1) is 0 Å². The van der Waals surface area contributed by atoms with Gasteiger partial charge in [0, 0.05) is 31.9 Å². The Morgan fingerprint density at radius 2 is 1.95 bits per heavy atom. The minimum Gasteiger partial charge on any atom is -0.370 e. The zero-order valence-corrected chi connectivity index (χ0v) is 14.3. The molecule has 1 aliphatic rings. The molecule has 1 aromatic rings. The second kappa shape index (κ2) is 6.78. The summed E-state index contributed by atoms with van der Waals surface area (Å²) in [6.07, 6.45) is 6.52. The van der Waals surface area contributed by atoms with E-state index >= 15 is 0 Å². The molecular weight excluding hydrogens is 258 g/mol. The molecule has 1 N–H and O–H groups in total. The van der Waals surface area contributed by atoms with E-state index in [4.69, 9.17) is 0 Å². The van der Waals surface area contributed by atoms with Gasteiger partial charge in [-0.2, -0.15) is 0 Å². The maximum absolute atomic E-state index is 4.35. The van der Waals surface area contributed by atoms with Crippen LogP contribution in [0.5, 0.6) is 0 Å². The molecule has 2 heterocycles. The molecule has 0 radical (unpaired) electrons. The minimum atomic E-state index is 0.434.